The summed E-state index contributed by atoms with van der Waals surface area (Å²) in [5.74, 6) is -0.509. The SMILES string of the molecule is CC(C)CCNC(=O)[C@H](C)N1CCC[C@H](C(=O)O)C1. The van der Waals surface area contributed by atoms with Crippen LogP contribution in [0.3, 0.4) is 0 Å². The predicted octanol–water partition coefficient (Wildman–Crippen LogP) is 1.33. The molecule has 110 valence electrons. The minimum absolute atomic E-state index is 0.00619. The van der Waals surface area contributed by atoms with Crippen LogP contribution in [0.2, 0.25) is 0 Å². The summed E-state index contributed by atoms with van der Waals surface area (Å²) in [6.07, 6.45) is 2.53. The lowest BCUT2D eigenvalue weighted by Crippen LogP contribution is -2.50. The normalized spacial score (nSPS) is 22.2. The number of carboxylic acid groups (broad SMARTS) is 1. The van der Waals surface area contributed by atoms with Crippen molar-refractivity contribution in [3.8, 4) is 0 Å². The number of hydrogen-bond acceptors (Lipinski definition) is 3. The molecule has 0 spiro atoms. The van der Waals surface area contributed by atoms with Gasteiger partial charge in [0.15, 0.2) is 0 Å². The fraction of sp³-hybridized carbons (Fsp3) is 0.857. The number of carboxylic acids is 1. The topological polar surface area (TPSA) is 69.6 Å². The second-order valence-electron chi connectivity index (χ2n) is 5.82. The smallest absolute Gasteiger partial charge is 0.307 e. The van der Waals surface area contributed by atoms with E-state index in [0.717, 1.165) is 19.4 Å². The Morgan fingerprint density at radius 3 is 2.63 bits per heavy atom. The first kappa shape index (κ1) is 16.0. The summed E-state index contributed by atoms with van der Waals surface area (Å²) < 4.78 is 0. The molecule has 1 saturated heterocycles. The lowest BCUT2D eigenvalue weighted by Gasteiger charge is -2.34. The van der Waals surface area contributed by atoms with Gasteiger partial charge < -0.3 is 10.4 Å². The van der Waals surface area contributed by atoms with Crippen molar-refractivity contribution in [2.24, 2.45) is 11.8 Å². The Hall–Kier alpha value is -1.10. The van der Waals surface area contributed by atoms with Crippen molar-refractivity contribution in [3.63, 3.8) is 0 Å². The van der Waals surface area contributed by atoms with Crippen LogP contribution in [0.15, 0.2) is 0 Å². The zero-order valence-corrected chi connectivity index (χ0v) is 12.2. The van der Waals surface area contributed by atoms with Crippen LogP contribution < -0.4 is 5.32 Å². The van der Waals surface area contributed by atoms with Crippen molar-refractivity contribution in [1.29, 1.82) is 0 Å². The number of aliphatic carboxylic acids is 1. The van der Waals surface area contributed by atoms with Crippen molar-refractivity contribution in [3.05, 3.63) is 0 Å². The van der Waals surface area contributed by atoms with E-state index in [0.29, 0.717) is 25.4 Å². The van der Waals surface area contributed by atoms with E-state index in [4.69, 9.17) is 5.11 Å². The first-order valence-electron chi connectivity index (χ1n) is 7.16. The zero-order chi connectivity index (χ0) is 14.4. The van der Waals surface area contributed by atoms with Gasteiger partial charge in [-0.25, -0.2) is 0 Å². The molecule has 0 aliphatic carbocycles. The zero-order valence-electron chi connectivity index (χ0n) is 12.2. The van der Waals surface area contributed by atoms with Gasteiger partial charge in [0.1, 0.15) is 0 Å². The van der Waals surface area contributed by atoms with Crippen LogP contribution in [-0.2, 0) is 9.59 Å². The van der Waals surface area contributed by atoms with Crippen molar-refractivity contribution in [2.45, 2.75) is 46.1 Å². The molecule has 2 N–H and O–H groups in total. The highest BCUT2D eigenvalue weighted by Crippen LogP contribution is 2.18. The highest BCUT2D eigenvalue weighted by atomic mass is 16.4. The van der Waals surface area contributed by atoms with E-state index < -0.39 is 5.97 Å². The van der Waals surface area contributed by atoms with Crippen molar-refractivity contribution in [2.75, 3.05) is 19.6 Å². The van der Waals surface area contributed by atoms with Crippen LogP contribution in [0.25, 0.3) is 0 Å². The average Bonchev–Trinajstić information content (AvgIpc) is 2.37. The van der Waals surface area contributed by atoms with Crippen molar-refractivity contribution >= 4 is 11.9 Å². The Kier molecular flexibility index (Phi) is 6.28. The largest absolute Gasteiger partial charge is 0.481 e. The molecule has 2 atom stereocenters. The Labute approximate surface area is 115 Å². The van der Waals surface area contributed by atoms with Crippen LogP contribution in [0, 0.1) is 11.8 Å². The first-order chi connectivity index (χ1) is 8.91. The molecule has 1 aliphatic rings. The third kappa shape index (κ3) is 5.19. The maximum Gasteiger partial charge on any atom is 0.307 e. The highest BCUT2D eigenvalue weighted by Gasteiger charge is 2.30. The molecule has 5 nitrogen and oxygen atoms in total. The van der Waals surface area contributed by atoms with Gasteiger partial charge in [-0.15, -0.1) is 0 Å². The van der Waals surface area contributed by atoms with Gasteiger partial charge >= 0.3 is 5.97 Å². The van der Waals surface area contributed by atoms with Gasteiger partial charge in [0.2, 0.25) is 5.91 Å². The van der Waals surface area contributed by atoms with Crippen LogP contribution in [0.4, 0.5) is 0 Å². The van der Waals surface area contributed by atoms with E-state index in [1.165, 1.54) is 0 Å². The molecule has 0 radical (unpaired) electrons. The third-order valence-corrected chi connectivity index (χ3v) is 3.75. The molecule has 19 heavy (non-hydrogen) atoms. The Bertz CT molecular complexity index is 318. The molecular formula is C14H26N2O3. The summed E-state index contributed by atoms with van der Waals surface area (Å²) in [5, 5.41) is 12.0. The number of nitrogens with zero attached hydrogens (tertiary/aromatic N) is 1. The summed E-state index contributed by atoms with van der Waals surface area (Å²) in [5.41, 5.74) is 0. The lowest BCUT2D eigenvalue weighted by molar-refractivity contribution is -0.145. The van der Waals surface area contributed by atoms with Crippen LogP contribution in [0.1, 0.15) is 40.0 Å². The van der Waals surface area contributed by atoms with E-state index in [9.17, 15) is 9.59 Å². The summed E-state index contributed by atoms with van der Waals surface area (Å²) in [6.45, 7) is 8.08. The quantitative estimate of drug-likeness (QED) is 0.764. The molecule has 0 aromatic rings. The molecular weight excluding hydrogens is 244 g/mol. The standard InChI is InChI=1S/C14H26N2O3/c1-10(2)6-7-15-13(17)11(3)16-8-4-5-12(9-16)14(18)19/h10-12H,4-9H2,1-3H3,(H,15,17)(H,18,19)/t11-,12-/m0/s1. The molecule has 0 bridgehead atoms. The maximum atomic E-state index is 12.0. The summed E-state index contributed by atoms with van der Waals surface area (Å²) >= 11 is 0. The number of rotatable bonds is 6. The van der Waals surface area contributed by atoms with Gasteiger partial charge in [-0.1, -0.05) is 13.8 Å². The molecule has 0 aromatic heterocycles. The fourth-order valence-corrected chi connectivity index (χ4v) is 2.36. The van der Waals surface area contributed by atoms with Gasteiger partial charge in [0.25, 0.3) is 0 Å². The first-order valence-corrected chi connectivity index (χ1v) is 7.16. The average molecular weight is 270 g/mol. The molecule has 0 aromatic carbocycles. The summed E-state index contributed by atoms with van der Waals surface area (Å²) in [6, 6.07) is -0.241. The van der Waals surface area contributed by atoms with E-state index in [2.05, 4.69) is 19.2 Å². The molecule has 5 heteroatoms. The molecule has 0 unspecified atom stereocenters. The van der Waals surface area contributed by atoms with E-state index in [1.54, 1.807) is 0 Å². The molecule has 1 heterocycles. The van der Waals surface area contributed by atoms with Gasteiger partial charge in [0.05, 0.1) is 12.0 Å². The number of carbonyl (C=O) groups is 2. The van der Waals surface area contributed by atoms with Gasteiger partial charge in [-0.2, -0.15) is 0 Å². The second kappa shape index (κ2) is 7.48. The molecule has 1 aliphatic heterocycles. The number of piperidine rings is 1. The predicted molar refractivity (Wildman–Crippen MR) is 73.9 cm³/mol. The third-order valence-electron chi connectivity index (χ3n) is 3.75. The summed E-state index contributed by atoms with van der Waals surface area (Å²) in [7, 11) is 0. The van der Waals surface area contributed by atoms with Gasteiger partial charge in [0, 0.05) is 13.1 Å². The number of likely N-dealkylation sites (tertiary alicyclic amines) is 1. The van der Waals surface area contributed by atoms with E-state index in [1.807, 2.05) is 11.8 Å². The lowest BCUT2D eigenvalue weighted by atomic mass is 9.97. The van der Waals surface area contributed by atoms with Crippen LogP contribution in [-0.4, -0.2) is 47.6 Å². The Balaban J connectivity index is 2.40. The van der Waals surface area contributed by atoms with Gasteiger partial charge in [-0.3, -0.25) is 14.5 Å². The number of carbonyl (C=O) groups excluding carboxylic acids is 1. The van der Waals surface area contributed by atoms with Crippen molar-refractivity contribution < 1.29 is 14.7 Å². The van der Waals surface area contributed by atoms with E-state index in [-0.39, 0.29) is 17.9 Å². The maximum absolute atomic E-state index is 12.0. The van der Waals surface area contributed by atoms with Gasteiger partial charge in [-0.05, 0) is 38.6 Å². The summed E-state index contributed by atoms with van der Waals surface area (Å²) in [4.78, 5) is 25.0. The molecule has 1 rings (SSSR count). The van der Waals surface area contributed by atoms with Crippen LogP contribution in [0.5, 0.6) is 0 Å². The Morgan fingerprint density at radius 1 is 1.37 bits per heavy atom. The minimum atomic E-state index is -0.753. The van der Waals surface area contributed by atoms with E-state index >= 15 is 0 Å². The second-order valence-corrected chi connectivity index (χ2v) is 5.82. The highest BCUT2D eigenvalue weighted by molar-refractivity contribution is 5.81. The molecule has 1 fully saturated rings. The molecule has 0 saturated carbocycles. The van der Waals surface area contributed by atoms with Crippen LogP contribution >= 0.6 is 0 Å². The number of hydrogen-bond donors (Lipinski definition) is 2. The Morgan fingerprint density at radius 2 is 2.05 bits per heavy atom. The number of amides is 1. The van der Waals surface area contributed by atoms with Crippen molar-refractivity contribution in [1.82, 2.24) is 10.2 Å². The number of nitrogens with one attached hydrogen (secondary N) is 1. The molecule has 1 amide bonds. The monoisotopic (exact) mass is 270 g/mol. The minimum Gasteiger partial charge on any atom is -0.481 e. The fourth-order valence-electron chi connectivity index (χ4n) is 2.36.